The van der Waals surface area contributed by atoms with Crippen LogP contribution in [0.5, 0.6) is 0 Å². The van der Waals surface area contributed by atoms with Crippen molar-refractivity contribution in [3.8, 4) is 17.2 Å². The number of hydrogen-bond acceptors (Lipinski definition) is 3. The van der Waals surface area contributed by atoms with Gasteiger partial charge in [-0.15, -0.1) is 0 Å². The number of para-hydroxylation sites is 2. The summed E-state index contributed by atoms with van der Waals surface area (Å²) in [4.78, 5) is 16.2. The fourth-order valence-electron chi connectivity index (χ4n) is 7.58. The van der Waals surface area contributed by atoms with E-state index in [2.05, 4.69) is 109 Å². The summed E-state index contributed by atoms with van der Waals surface area (Å²) in [6, 6.07) is 47.0. The predicted octanol–water partition coefficient (Wildman–Crippen LogP) is 8.74. The molecule has 2 aliphatic rings. The molecular weight excluding hydrogens is 603 g/mol. The molecule has 0 N–H and O–H groups in total. The van der Waals surface area contributed by atoms with Gasteiger partial charge in [-0.3, -0.25) is 0 Å². The van der Waals surface area contributed by atoms with Crippen LogP contribution in [0.1, 0.15) is 33.4 Å². The van der Waals surface area contributed by atoms with Crippen LogP contribution in [-0.4, -0.2) is 14.5 Å². The third kappa shape index (κ3) is 3.18. The summed E-state index contributed by atoms with van der Waals surface area (Å²) in [5.74, 6) is 0. The van der Waals surface area contributed by atoms with Gasteiger partial charge in [0.25, 0.3) is 0 Å². The van der Waals surface area contributed by atoms with Crippen molar-refractivity contribution < 1.29 is 0 Å². The second-order valence-corrected chi connectivity index (χ2v) is 13.9. The maximum absolute atomic E-state index is 13.8. The van der Waals surface area contributed by atoms with Gasteiger partial charge in [-0.1, -0.05) is 0 Å². The van der Waals surface area contributed by atoms with E-state index in [1.54, 1.807) is 0 Å². The summed E-state index contributed by atoms with van der Waals surface area (Å²) in [5.41, 5.74) is 11.6. The van der Waals surface area contributed by atoms with Gasteiger partial charge in [0.15, 0.2) is 0 Å². The Labute approximate surface area is 260 Å². The van der Waals surface area contributed by atoms with E-state index in [1.807, 2.05) is 36.4 Å². The number of fused-ring (bicyclic) bond motifs is 11. The molecular formula is C40H24N2OSe. The van der Waals surface area contributed by atoms with Gasteiger partial charge in [0.2, 0.25) is 0 Å². The third-order valence-corrected chi connectivity index (χ3v) is 11.8. The molecule has 0 saturated heterocycles. The number of benzene rings is 6. The molecule has 1 aromatic heterocycles. The number of aryl methyl sites for hydroxylation is 1. The van der Waals surface area contributed by atoms with Gasteiger partial charge >= 0.3 is 262 Å². The van der Waals surface area contributed by atoms with Crippen LogP contribution in [0.15, 0.2) is 132 Å². The topological polar surface area (TPSA) is 44.1 Å². The van der Waals surface area contributed by atoms with E-state index < -0.39 is 5.41 Å². The summed E-state index contributed by atoms with van der Waals surface area (Å²) in [6.45, 7) is 2.11. The van der Waals surface area contributed by atoms with Crippen molar-refractivity contribution >= 4 is 50.9 Å². The second-order valence-electron chi connectivity index (χ2n) is 11.6. The van der Waals surface area contributed by atoms with Crippen LogP contribution in [0.4, 0.5) is 17.1 Å². The minimum atomic E-state index is -0.568. The molecule has 6 aromatic carbocycles. The Kier molecular flexibility index (Phi) is 5.26. The normalized spacial score (nSPS) is 13.8. The maximum atomic E-state index is 13.8. The van der Waals surface area contributed by atoms with Crippen LogP contribution in [0.25, 0.3) is 30.4 Å². The number of anilines is 3. The molecule has 1 aliphatic heterocycles. The molecule has 206 valence electrons. The molecule has 9 rings (SSSR count). The molecule has 0 unspecified atom stereocenters. The van der Waals surface area contributed by atoms with E-state index in [0.717, 1.165) is 47.5 Å². The molecule has 0 atom stereocenters. The van der Waals surface area contributed by atoms with Gasteiger partial charge in [-0.2, -0.15) is 0 Å². The molecule has 4 heteroatoms. The Morgan fingerprint density at radius 1 is 0.614 bits per heavy atom. The zero-order valence-electron chi connectivity index (χ0n) is 23.8. The Morgan fingerprint density at radius 2 is 1.27 bits per heavy atom. The number of hydrogen-bond donors (Lipinski definition) is 0. The van der Waals surface area contributed by atoms with E-state index in [0.29, 0.717) is 5.56 Å². The van der Waals surface area contributed by atoms with Crippen LogP contribution in [0.2, 0.25) is 0 Å². The molecule has 1 spiro atoms. The summed E-state index contributed by atoms with van der Waals surface area (Å²) >= 11 is 0.0133. The van der Waals surface area contributed by atoms with E-state index in [4.69, 9.17) is 0 Å². The van der Waals surface area contributed by atoms with Crippen LogP contribution in [0, 0.1) is 18.3 Å². The molecule has 0 saturated carbocycles. The van der Waals surface area contributed by atoms with Crippen LogP contribution < -0.4 is 10.3 Å². The van der Waals surface area contributed by atoms with Gasteiger partial charge < -0.3 is 0 Å². The molecule has 3 nitrogen and oxygen atoms in total. The SMILES string of the molecule is Cc1ccc(C#N)cc1N1c2ccccc2C2(c3ccccc3-c3cc4c(=O)c5ccccc5[se]c4cc32)c2ccccc21. The van der Waals surface area contributed by atoms with Crippen molar-refractivity contribution in [1.29, 1.82) is 5.26 Å². The number of nitrogens with zero attached hydrogens (tertiary/aromatic N) is 2. The molecule has 1 aliphatic carbocycles. The molecule has 7 aromatic rings. The predicted molar refractivity (Wildman–Crippen MR) is 180 cm³/mol. The standard InChI is InChI=1S/C40H24N2OSe/c1-24-18-19-25(23-41)20-36(24)42-34-15-7-5-13-31(34)40(32-14-6-8-16-35(32)42)30-12-4-2-10-26(30)28-21-29-38(22-33(28)40)44-37-17-9-3-11-27(37)39(29)43/h2-22H,1H3. The van der Waals surface area contributed by atoms with Crippen molar-refractivity contribution in [1.82, 2.24) is 0 Å². The van der Waals surface area contributed by atoms with Crippen molar-refractivity contribution in [3.63, 3.8) is 0 Å². The fraction of sp³-hybridized carbons (Fsp3) is 0.0500. The molecule has 0 radical (unpaired) electrons. The zero-order valence-corrected chi connectivity index (χ0v) is 25.5. The van der Waals surface area contributed by atoms with E-state index in [-0.39, 0.29) is 19.9 Å². The summed E-state index contributed by atoms with van der Waals surface area (Å²) in [5, 5.41) is 11.5. The molecule has 0 amide bonds. The van der Waals surface area contributed by atoms with Gasteiger partial charge in [0, 0.05) is 0 Å². The first-order valence-corrected chi connectivity index (χ1v) is 16.4. The molecule has 0 bridgehead atoms. The second kappa shape index (κ2) is 9.15. The van der Waals surface area contributed by atoms with Gasteiger partial charge in [-0.05, 0) is 0 Å². The van der Waals surface area contributed by atoms with E-state index in [9.17, 15) is 10.1 Å². The number of rotatable bonds is 1. The first-order valence-electron chi connectivity index (χ1n) is 14.7. The zero-order chi connectivity index (χ0) is 29.6. The van der Waals surface area contributed by atoms with Crippen molar-refractivity contribution in [2.75, 3.05) is 4.90 Å². The molecule has 2 heterocycles. The quantitative estimate of drug-likeness (QED) is 0.135. The molecule has 44 heavy (non-hydrogen) atoms. The Bertz CT molecular complexity index is 2420. The van der Waals surface area contributed by atoms with Crippen LogP contribution in [-0.2, 0) is 5.41 Å². The van der Waals surface area contributed by atoms with Gasteiger partial charge in [0.1, 0.15) is 0 Å². The third-order valence-electron chi connectivity index (χ3n) is 9.42. The van der Waals surface area contributed by atoms with Gasteiger partial charge in [0.05, 0.1) is 0 Å². The van der Waals surface area contributed by atoms with E-state index >= 15 is 0 Å². The van der Waals surface area contributed by atoms with E-state index in [1.165, 1.54) is 27.8 Å². The Balaban J connectivity index is 1.44. The average Bonchev–Trinajstić information content (AvgIpc) is 3.35. The minimum absolute atomic E-state index is 0.0133. The summed E-state index contributed by atoms with van der Waals surface area (Å²) < 4.78 is 2.28. The van der Waals surface area contributed by atoms with Crippen molar-refractivity contribution in [2.45, 2.75) is 12.3 Å². The monoisotopic (exact) mass is 628 g/mol. The Hall–Kier alpha value is -5.20. The first-order chi connectivity index (χ1) is 21.6. The van der Waals surface area contributed by atoms with Crippen molar-refractivity contribution in [2.24, 2.45) is 0 Å². The Morgan fingerprint density at radius 3 is 2.02 bits per heavy atom. The van der Waals surface area contributed by atoms with Crippen LogP contribution in [0.3, 0.4) is 0 Å². The summed E-state index contributed by atoms with van der Waals surface area (Å²) in [7, 11) is 0. The van der Waals surface area contributed by atoms with Crippen LogP contribution >= 0.6 is 0 Å². The number of nitriles is 1. The first kappa shape index (κ1) is 25.3. The average molecular weight is 628 g/mol. The van der Waals surface area contributed by atoms with Crippen molar-refractivity contribution in [3.05, 3.63) is 171 Å². The fourth-order valence-corrected chi connectivity index (χ4v) is 9.87. The molecule has 0 fully saturated rings. The summed E-state index contributed by atoms with van der Waals surface area (Å²) in [6.07, 6.45) is 0. The van der Waals surface area contributed by atoms with Gasteiger partial charge in [-0.25, -0.2) is 0 Å².